The fourth-order valence-electron chi connectivity index (χ4n) is 2.72. The summed E-state index contributed by atoms with van der Waals surface area (Å²) < 4.78 is 0. The Morgan fingerprint density at radius 3 is 1.46 bits per heavy atom. The van der Waals surface area contributed by atoms with Gasteiger partial charge in [-0.2, -0.15) is 0 Å². The summed E-state index contributed by atoms with van der Waals surface area (Å²) in [5.74, 6) is -1.41. The summed E-state index contributed by atoms with van der Waals surface area (Å²) in [6.45, 7) is 2.48. The third-order valence-electron chi connectivity index (χ3n) is 4.13. The fraction of sp³-hybridized carbons (Fsp3) is 0.174. The van der Waals surface area contributed by atoms with Gasteiger partial charge in [0.25, 0.3) is 30.1 Å². The minimum Gasteiger partial charge on any atom is -1.00 e. The van der Waals surface area contributed by atoms with E-state index >= 15 is 0 Å². The van der Waals surface area contributed by atoms with Crippen LogP contribution in [0.2, 0.25) is 0 Å². The summed E-state index contributed by atoms with van der Waals surface area (Å²) in [6.07, 6.45) is 0. The Morgan fingerprint density at radius 1 is 0.865 bits per heavy atom. The van der Waals surface area contributed by atoms with Gasteiger partial charge in [0, 0.05) is 0 Å². The fourth-order valence-corrected chi connectivity index (χ4v) is 2.72. The number of nitrogens with zero attached hydrogens (tertiary/aromatic N) is 1. The number of fused-ring (bicyclic) bond motifs is 2. The van der Waals surface area contributed by atoms with E-state index in [1.165, 1.54) is 13.8 Å². The van der Waals surface area contributed by atoms with Gasteiger partial charge in [-0.25, -0.2) is 0 Å². The molecule has 37 heavy (non-hydrogen) atoms. The van der Waals surface area contributed by atoms with E-state index in [9.17, 15) is 28.8 Å². The van der Waals surface area contributed by atoms with Crippen LogP contribution in [0, 0.1) is 0 Å². The van der Waals surface area contributed by atoms with Crippen LogP contribution in [0.3, 0.4) is 0 Å². The summed E-state index contributed by atoms with van der Waals surface area (Å²) in [4.78, 5) is 78.1. The van der Waals surface area contributed by atoms with Crippen LogP contribution in [0.15, 0.2) is 48.5 Å². The van der Waals surface area contributed by atoms with E-state index in [0.29, 0.717) is 22.3 Å². The smallest absolute Gasteiger partial charge is 1.00 e. The molecule has 2 aromatic carbocycles. The van der Waals surface area contributed by atoms with Gasteiger partial charge in [0.05, 0.1) is 34.7 Å². The Hall–Kier alpha value is -0.947. The molecule has 0 unspecified atom stereocenters. The number of carbonyl (C=O) groups is 7. The molecule has 1 N–H and O–H groups in total. The summed E-state index contributed by atoms with van der Waals surface area (Å²) in [5.41, 5.74) is 1.70. The number of benzene rings is 2. The van der Waals surface area contributed by atoms with Crippen molar-refractivity contribution in [1.29, 1.82) is 0 Å². The molecule has 4 amide bonds. The molecule has 0 atom stereocenters. The molecule has 2 aromatic rings. The number of imide groups is 2. The van der Waals surface area contributed by atoms with Gasteiger partial charge in [0.2, 0.25) is 0 Å². The Morgan fingerprint density at radius 2 is 1.19 bits per heavy atom. The van der Waals surface area contributed by atoms with Crippen LogP contribution in [0.25, 0.3) is 0 Å². The first kappa shape index (κ1) is 38.2. The van der Waals surface area contributed by atoms with Crippen LogP contribution >= 0.6 is 11.6 Å². The molecule has 11 nitrogen and oxygen atoms in total. The number of alkyl halides is 1. The number of hydrogen-bond acceptors (Lipinski definition) is 9. The third kappa shape index (κ3) is 12.2. The van der Waals surface area contributed by atoms with Gasteiger partial charge >= 0.3 is 103 Å². The Bertz CT molecular complexity index is 1100. The van der Waals surface area contributed by atoms with Crippen molar-refractivity contribution in [2.24, 2.45) is 0 Å². The second-order valence-corrected chi connectivity index (χ2v) is 7.07. The van der Waals surface area contributed by atoms with E-state index in [2.05, 4.69) is 10.2 Å². The zero-order valence-corrected chi connectivity index (χ0v) is 27.6. The summed E-state index contributed by atoms with van der Waals surface area (Å²) in [7, 11) is 0. The summed E-state index contributed by atoms with van der Waals surface area (Å²) >= 11 is 4.99. The van der Waals surface area contributed by atoms with Gasteiger partial charge in [-0.05, 0) is 38.1 Å². The number of carbonyl (C=O) groups excluding carboxylic acids is 7. The normalized spacial score (nSPS) is 11.7. The Balaban J connectivity index is -0.000000472. The van der Waals surface area contributed by atoms with Crippen LogP contribution in [0.4, 0.5) is 0 Å². The van der Waals surface area contributed by atoms with Crippen LogP contribution in [0.5, 0.6) is 0 Å². The van der Waals surface area contributed by atoms with Crippen molar-refractivity contribution in [1.82, 2.24) is 10.2 Å². The molecular weight excluding hydrogens is 562 g/mol. The maximum Gasteiger partial charge on any atom is 1.00 e. The number of rotatable bonds is 4. The molecule has 0 saturated heterocycles. The number of Topliss-reactive ketones (excluding diaryl/α,β-unsaturated/α-hetero) is 2. The average molecular weight is 583 g/mol. The Labute approximate surface area is 303 Å². The van der Waals surface area contributed by atoms with Gasteiger partial charge in [-0.15, -0.1) is 11.6 Å². The zero-order chi connectivity index (χ0) is 26.5. The second-order valence-electron chi connectivity index (χ2n) is 6.80. The molecule has 14 heteroatoms. The van der Waals surface area contributed by atoms with Gasteiger partial charge in [0.15, 0.2) is 0 Å². The molecule has 2 aliphatic heterocycles. The number of halogens is 1. The summed E-state index contributed by atoms with van der Waals surface area (Å²) in [6, 6.07) is 13.3. The first-order valence-corrected chi connectivity index (χ1v) is 10.3. The standard InChI is InChI=1S/C11H9NO3.C8H5NO2.C3H5ClO.CH2O3.2K.H/c1-7(13)6-12-10(14)8-4-2-3-5-9(8)11(12)15;10-7-5-3-1-2-4-6(5)8(11)9-7;1-3(5)2-4;2-1-4-3;;;/h2-5H,6H2,1H3;1-4H,(H,9,10,11);2H2,1H3;1,3H;;;/q;;;;2*+1;-1/p-1. The number of hydrogen-bond donors (Lipinski definition) is 1. The van der Waals surface area contributed by atoms with E-state index in [-0.39, 0.29) is 158 Å². The van der Waals surface area contributed by atoms with E-state index in [4.69, 9.17) is 21.7 Å². The van der Waals surface area contributed by atoms with Crippen molar-refractivity contribution < 1.29 is 148 Å². The SMILES string of the molecule is CC(=O)CCl.CC(=O)CN1C(=O)c2ccccc2C1=O.O=C1NC(=O)c2ccccc21.O=CO[O-].[H-].[K+].[K+]. The van der Waals surface area contributed by atoms with Gasteiger partial charge in [-0.3, -0.25) is 43.8 Å². The first-order valence-electron chi connectivity index (χ1n) is 9.76. The average Bonchev–Trinajstić information content (AvgIpc) is 3.28. The first-order chi connectivity index (χ1) is 16.6. The van der Waals surface area contributed by atoms with Crippen molar-refractivity contribution in [2.75, 3.05) is 12.4 Å². The van der Waals surface area contributed by atoms with E-state index < -0.39 is 0 Å². The monoisotopic (exact) mass is 582 g/mol. The van der Waals surface area contributed by atoms with Gasteiger partial charge in [0.1, 0.15) is 11.6 Å². The molecule has 0 aromatic heterocycles. The molecule has 0 radical (unpaired) electrons. The summed E-state index contributed by atoms with van der Waals surface area (Å²) in [5, 5.41) is 10.6. The van der Waals surface area contributed by atoms with Gasteiger partial charge < -0.3 is 11.6 Å². The van der Waals surface area contributed by atoms with Crippen molar-refractivity contribution in [3.8, 4) is 0 Å². The van der Waals surface area contributed by atoms with Crippen LogP contribution in [0.1, 0.15) is 56.7 Å². The molecule has 0 spiro atoms. The van der Waals surface area contributed by atoms with Crippen molar-refractivity contribution >= 4 is 53.3 Å². The molecule has 2 heterocycles. The number of nitrogens with one attached hydrogen (secondary N) is 1. The van der Waals surface area contributed by atoms with E-state index in [1.807, 2.05) is 0 Å². The van der Waals surface area contributed by atoms with Crippen LogP contribution in [-0.4, -0.2) is 59.0 Å². The zero-order valence-electron chi connectivity index (χ0n) is 21.6. The van der Waals surface area contributed by atoms with Crippen molar-refractivity contribution in [3.63, 3.8) is 0 Å². The van der Waals surface area contributed by atoms with Gasteiger partial charge in [-0.1, -0.05) is 24.3 Å². The third-order valence-corrected chi connectivity index (χ3v) is 4.51. The molecule has 186 valence electrons. The second kappa shape index (κ2) is 20.0. The predicted molar refractivity (Wildman–Crippen MR) is 120 cm³/mol. The Kier molecular flexibility index (Phi) is 20.7. The molecule has 0 saturated carbocycles. The number of amides is 4. The number of ketones is 2. The largest absolute Gasteiger partial charge is 1.00 e. The van der Waals surface area contributed by atoms with Crippen LogP contribution < -0.4 is 113 Å². The maximum atomic E-state index is 11.7. The predicted octanol–water partition coefficient (Wildman–Crippen LogP) is -5.19. The molecule has 0 bridgehead atoms. The van der Waals surface area contributed by atoms with Crippen molar-refractivity contribution in [3.05, 3.63) is 70.8 Å². The molecule has 4 rings (SSSR count). The molecule has 0 fully saturated rings. The minimum absolute atomic E-state index is 0. The molecule has 0 aliphatic carbocycles. The van der Waals surface area contributed by atoms with Crippen molar-refractivity contribution in [2.45, 2.75) is 13.8 Å². The topological polar surface area (TPSA) is 167 Å². The molecule has 2 aliphatic rings. The van der Waals surface area contributed by atoms with E-state index in [1.54, 1.807) is 48.5 Å². The maximum absolute atomic E-state index is 11.7. The van der Waals surface area contributed by atoms with Crippen LogP contribution in [-0.2, 0) is 19.3 Å². The minimum atomic E-state index is -0.384. The van der Waals surface area contributed by atoms with E-state index in [0.717, 1.165) is 4.90 Å². The molecular formula is C23H21ClK2N2O9. The quantitative estimate of drug-likeness (QED) is 0.0925.